The highest BCUT2D eigenvalue weighted by Crippen LogP contribution is 2.35. The molecule has 0 fully saturated rings. The number of hydrogen-bond acceptors (Lipinski definition) is 4. The van der Waals surface area contributed by atoms with Crippen molar-refractivity contribution in [3.05, 3.63) is 33.9 Å². The van der Waals surface area contributed by atoms with Crippen molar-refractivity contribution in [1.82, 2.24) is 0 Å². The summed E-state index contributed by atoms with van der Waals surface area (Å²) < 4.78 is 37.6. The van der Waals surface area contributed by atoms with E-state index in [9.17, 15) is 28.1 Å². The van der Waals surface area contributed by atoms with E-state index in [0.717, 1.165) is 6.07 Å². The van der Waals surface area contributed by atoms with Crippen LogP contribution in [-0.2, 0) is 11.0 Å². The quantitative estimate of drug-likeness (QED) is 0.659. The molecule has 0 aromatic heterocycles. The summed E-state index contributed by atoms with van der Waals surface area (Å²) in [6, 6.07) is 0.943. The Morgan fingerprint density at radius 2 is 1.95 bits per heavy atom. The number of carbonyl (C=O) groups excluding carboxylic acids is 1. The molecule has 0 heterocycles. The second-order valence-corrected chi connectivity index (χ2v) is 4.75. The molecule has 1 rings (SSSR count). The summed E-state index contributed by atoms with van der Waals surface area (Å²) in [6.07, 6.45) is -4.71. The molecule has 1 amide bonds. The number of amides is 1. The summed E-state index contributed by atoms with van der Waals surface area (Å²) in [5.41, 5.74) is 3.24. The van der Waals surface area contributed by atoms with Crippen LogP contribution in [0.2, 0.25) is 0 Å². The van der Waals surface area contributed by atoms with E-state index < -0.39 is 34.3 Å². The van der Waals surface area contributed by atoms with Crippen LogP contribution in [0.15, 0.2) is 18.2 Å². The van der Waals surface area contributed by atoms with E-state index in [1.807, 2.05) is 0 Å². The van der Waals surface area contributed by atoms with Gasteiger partial charge in [0, 0.05) is 6.07 Å². The van der Waals surface area contributed by atoms with Crippen LogP contribution in [0.3, 0.4) is 0 Å². The van der Waals surface area contributed by atoms with Gasteiger partial charge in [-0.05, 0) is 18.1 Å². The lowest BCUT2D eigenvalue weighted by Crippen LogP contribution is -2.39. The van der Waals surface area contributed by atoms with E-state index >= 15 is 0 Å². The minimum Gasteiger partial charge on any atom is -0.320 e. The van der Waals surface area contributed by atoms with E-state index in [1.165, 1.54) is 0 Å². The highest BCUT2D eigenvalue weighted by Gasteiger charge is 2.33. The number of anilines is 1. The Labute approximate surface area is 118 Å². The maximum Gasteiger partial charge on any atom is 0.416 e. The van der Waals surface area contributed by atoms with E-state index in [2.05, 4.69) is 5.32 Å². The van der Waals surface area contributed by atoms with Crippen LogP contribution in [0, 0.1) is 16.0 Å². The van der Waals surface area contributed by atoms with Crippen LogP contribution in [-0.4, -0.2) is 16.9 Å². The average molecular weight is 305 g/mol. The van der Waals surface area contributed by atoms with E-state index in [-0.39, 0.29) is 11.6 Å². The zero-order valence-electron chi connectivity index (χ0n) is 11.3. The van der Waals surface area contributed by atoms with Gasteiger partial charge in [0.2, 0.25) is 5.91 Å². The van der Waals surface area contributed by atoms with Gasteiger partial charge in [-0.1, -0.05) is 13.8 Å². The topological polar surface area (TPSA) is 98.3 Å². The molecule has 1 aromatic carbocycles. The minimum atomic E-state index is -4.71. The summed E-state index contributed by atoms with van der Waals surface area (Å²) >= 11 is 0. The smallest absolute Gasteiger partial charge is 0.320 e. The molecular formula is C12H14F3N3O3. The van der Waals surface area contributed by atoms with Gasteiger partial charge in [-0.25, -0.2) is 0 Å². The van der Waals surface area contributed by atoms with Gasteiger partial charge < -0.3 is 11.1 Å². The number of rotatable bonds is 4. The van der Waals surface area contributed by atoms with Crippen molar-refractivity contribution in [3.8, 4) is 0 Å². The molecule has 6 nitrogen and oxygen atoms in total. The zero-order chi connectivity index (χ0) is 16.4. The van der Waals surface area contributed by atoms with E-state index in [4.69, 9.17) is 5.73 Å². The number of alkyl halides is 3. The Morgan fingerprint density at radius 1 is 1.38 bits per heavy atom. The molecule has 1 aromatic rings. The minimum absolute atomic E-state index is 0.224. The van der Waals surface area contributed by atoms with Gasteiger partial charge in [0.1, 0.15) is 5.69 Å². The van der Waals surface area contributed by atoms with Crippen molar-refractivity contribution in [1.29, 1.82) is 0 Å². The van der Waals surface area contributed by atoms with Gasteiger partial charge in [-0.15, -0.1) is 0 Å². The third kappa shape index (κ3) is 4.15. The largest absolute Gasteiger partial charge is 0.416 e. The molecule has 21 heavy (non-hydrogen) atoms. The molecular weight excluding hydrogens is 291 g/mol. The number of nitrogens with one attached hydrogen (secondary N) is 1. The first-order valence-corrected chi connectivity index (χ1v) is 5.96. The third-order valence-electron chi connectivity index (χ3n) is 2.80. The maximum atomic E-state index is 12.5. The Bertz CT molecular complexity index is 558. The molecule has 116 valence electrons. The summed E-state index contributed by atoms with van der Waals surface area (Å²) in [4.78, 5) is 21.6. The van der Waals surface area contributed by atoms with E-state index in [1.54, 1.807) is 13.8 Å². The van der Waals surface area contributed by atoms with Crippen LogP contribution >= 0.6 is 0 Å². The Kier molecular flexibility index (Phi) is 4.89. The average Bonchev–Trinajstić information content (AvgIpc) is 2.36. The number of benzene rings is 1. The lowest BCUT2D eigenvalue weighted by Gasteiger charge is -2.15. The highest BCUT2D eigenvalue weighted by atomic mass is 19.4. The first kappa shape index (κ1) is 16.9. The van der Waals surface area contributed by atoms with Crippen LogP contribution in [0.25, 0.3) is 0 Å². The maximum absolute atomic E-state index is 12.5. The van der Waals surface area contributed by atoms with Crippen molar-refractivity contribution < 1.29 is 22.9 Å². The lowest BCUT2D eigenvalue weighted by atomic mass is 10.0. The molecule has 0 radical (unpaired) electrons. The van der Waals surface area contributed by atoms with Crippen molar-refractivity contribution in [2.24, 2.45) is 11.7 Å². The predicted molar refractivity (Wildman–Crippen MR) is 69.5 cm³/mol. The van der Waals surface area contributed by atoms with Crippen molar-refractivity contribution >= 4 is 17.3 Å². The molecule has 0 saturated heterocycles. The summed E-state index contributed by atoms with van der Waals surface area (Å²) in [5.74, 6) is -0.925. The van der Waals surface area contributed by atoms with Gasteiger partial charge in [0.15, 0.2) is 0 Å². The second kappa shape index (κ2) is 6.08. The fourth-order valence-corrected chi connectivity index (χ4v) is 1.48. The SMILES string of the molecule is CC(C)[C@H](N)C(=O)Nc1ccc(C(F)(F)F)cc1[N+](=O)[O-]. The van der Waals surface area contributed by atoms with Gasteiger partial charge in [0.25, 0.3) is 5.69 Å². The number of halogens is 3. The molecule has 9 heteroatoms. The normalized spacial score (nSPS) is 13.1. The molecule has 0 spiro atoms. The fourth-order valence-electron chi connectivity index (χ4n) is 1.48. The predicted octanol–water partition coefficient (Wildman–Crippen LogP) is 2.54. The van der Waals surface area contributed by atoms with Gasteiger partial charge in [0.05, 0.1) is 16.5 Å². The number of nitro groups is 1. The summed E-state index contributed by atoms with van der Waals surface area (Å²) in [5, 5.41) is 13.0. The zero-order valence-corrected chi connectivity index (χ0v) is 11.3. The third-order valence-corrected chi connectivity index (χ3v) is 2.80. The van der Waals surface area contributed by atoms with E-state index in [0.29, 0.717) is 12.1 Å². The van der Waals surface area contributed by atoms with Gasteiger partial charge in [-0.2, -0.15) is 13.2 Å². The Morgan fingerprint density at radius 3 is 2.38 bits per heavy atom. The first-order valence-electron chi connectivity index (χ1n) is 5.96. The number of nitro benzene ring substituents is 1. The second-order valence-electron chi connectivity index (χ2n) is 4.75. The number of nitrogens with two attached hydrogens (primary N) is 1. The molecule has 0 aliphatic heterocycles. The molecule has 1 atom stereocenters. The van der Waals surface area contributed by atoms with Crippen molar-refractivity contribution in [2.45, 2.75) is 26.1 Å². The highest BCUT2D eigenvalue weighted by molar-refractivity contribution is 5.96. The summed E-state index contributed by atoms with van der Waals surface area (Å²) in [7, 11) is 0. The standard InChI is InChI=1S/C12H14F3N3O3/c1-6(2)10(16)11(19)17-8-4-3-7(12(13,14)15)5-9(8)18(20)21/h3-6,10H,16H2,1-2H3,(H,17,19)/t10-/m0/s1. The molecule has 0 saturated carbocycles. The Hall–Kier alpha value is -2.16. The molecule has 0 aliphatic rings. The molecule has 0 bridgehead atoms. The van der Waals surface area contributed by atoms with Crippen LogP contribution in [0.1, 0.15) is 19.4 Å². The monoisotopic (exact) mass is 305 g/mol. The van der Waals surface area contributed by atoms with Crippen LogP contribution in [0.5, 0.6) is 0 Å². The Balaban J connectivity index is 3.14. The first-order chi connectivity index (χ1) is 9.54. The van der Waals surface area contributed by atoms with Crippen molar-refractivity contribution in [3.63, 3.8) is 0 Å². The fraction of sp³-hybridized carbons (Fsp3) is 0.417. The molecule has 3 N–H and O–H groups in total. The summed E-state index contributed by atoms with van der Waals surface area (Å²) in [6.45, 7) is 3.34. The molecule has 0 aliphatic carbocycles. The number of carbonyl (C=O) groups is 1. The van der Waals surface area contributed by atoms with Crippen LogP contribution in [0.4, 0.5) is 24.5 Å². The lowest BCUT2D eigenvalue weighted by molar-refractivity contribution is -0.384. The molecule has 0 unspecified atom stereocenters. The number of nitrogens with zero attached hydrogens (tertiary/aromatic N) is 1. The number of hydrogen-bond donors (Lipinski definition) is 2. The van der Waals surface area contributed by atoms with Crippen LogP contribution < -0.4 is 11.1 Å². The van der Waals surface area contributed by atoms with Gasteiger partial charge >= 0.3 is 6.18 Å². The van der Waals surface area contributed by atoms with Crippen molar-refractivity contribution in [2.75, 3.05) is 5.32 Å². The van der Waals surface area contributed by atoms with Gasteiger partial charge in [-0.3, -0.25) is 14.9 Å².